The molecule has 150 valence electrons. The summed E-state index contributed by atoms with van der Waals surface area (Å²) >= 11 is 11.8. The average molecular weight is 436 g/mol. The molecule has 1 aromatic rings. The van der Waals surface area contributed by atoms with Crippen LogP contribution in [0.4, 0.5) is 5.69 Å². The molecule has 0 saturated carbocycles. The summed E-state index contributed by atoms with van der Waals surface area (Å²) in [6.45, 7) is 2.16. The van der Waals surface area contributed by atoms with Gasteiger partial charge in [0.2, 0.25) is 21.8 Å². The van der Waals surface area contributed by atoms with E-state index >= 15 is 0 Å². The van der Waals surface area contributed by atoms with E-state index in [1.54, 1.807) is 26.1 Å². The van der Waals surface area contributed by atoms with Gasteiger partial charge in [-0.25, -0.2) is 12.7 Å². The quantitative estimate of drug-likeness (QED) is 0.742. The van der Waals surface area contributed by atoms with Gasteiger partial charge in [-0.1, -0.05) is 23.2 Å². The fourth-order valence-corrected chi connectivity index (χ4v) is 4.37. The van der Waals surface area contributed by atoms with E-state index in [-0.39, 0.29) is 30.0 Å². The van der Waals surface area contributed by atoms with Crippen LogP contribution in [-0.4, -0.2) is 61.9 Å². The van der Waals surface area contributed by atoms with Crippen molar-refractivity contribution in [3.05, 3.63) is 28.2 Å². The van der Waals surface area contributed by atoms with Crippen LogP contribution in [0, 0.1) is 5.92 Å². The van der Waals surface area contributed by atoms with Gasteiger partial charge in [0.05, 0.1) is 22.3 Å². The Bertz CT molecular complexity index is 808. The van der Waals surface area contributed by atoms with E-state index in [4.69, 9.17) is 23.2 Å². The minimum atomic E-state index is -3.23. The molecule has 2 amide bonds. The van der Waals surface area contributed by atoms with Gasteiger partial charge in [-0.05, 0) is 38.0 Å². The van der Waals surface area contributed by atoms with E-state index < -0.39 is 10.0 Å². The maximum Gasteiger partial charge on any atom is 0.243 e. The van der Waals surface area contributed by atoms with E-state index in [1.165, 1.54) is 15.3 Å². The van der Waals surface area contributed by atoms with Crippen LogP contribution in [0.2, 0.25) is 10.0 Å². The maximum atomic E-state index is 12.6. The minimum Gasteiger partial charge on any atom is -0.336 e. The van der Waals surface area contributed by atoms with Crippen molar-refractivity contribution in [2.75, 3.05) is 37.8 Å². The summed E-state index contributed by atoms with van der Waals surface area (Å²) in [7, 11) is -1.67. The normalized spacial score (nSPS) is 16.1. The number of anilines is 1. The molecular weight excluding hydrogens is 413 g/mol. The van der Waals surface area contributed by atoms with Crippen molar-refractivity contribution < 1.29 is 18.0 Å². The van der Waals surface area contributed by atoms with Crippen molar-refractivity contribution in [2.24, 2.45) is 5.92 Å². The van der Waals surface area contributed by atoms with E-state index in [0.29, 0.717) is 41.7 Å². The second-order valence-electron chi connectivity index (χ2n) is 6.45. The Kier molecular flexibility index (Phi) is 7.50. The Labute approximate surface area is 169 Å². The van der Waals surface area contributed by atoms with E-state index in [0.717, 1.165) is 0 Å². The van der Waals surface area contributed by atoms with Crippen LogP contribution in [0.3, 0.4) is 0 Å². The van der Waals surface area contributed by atoms with Crippen molar-refractivity contribution in [3.63, 3.8) is 0 Å². The Morgan fingerprint density at radius 3 is 2.41 bits per heavy atom. The number of benzene rings is 1. The van der Waals surface area contributed by atoms with Gasteiger partial charge < -0.3 is 10.2 Å². The SMILES string of the molecule is CCS(=O)(=O)N1CCC(C(=O)N(C)CC(=O)Nc2ccc(Cl)c(Cl)c2)CC1. The first-order valence-electron chi connectivity index (χ1n) is 8.61. The lowest BCUT2D eigenvalue weighted by Gasteiger charge is -2.32. The molecule has 1 aliphatic rings. The van der Waals surface area contributed by atoms with Crippen LogP contribution in [-0.2, 0) is 19.6 Å². The third kappa shape index (κ3) is 5.81. The largest absolute Gasteiger partial charge is 0.336 e. The van der Waals surface area contributed by atoms with E-state index in [9.17, 15) is 18.0 Å². The fraction of sp³-hybridized carbons (Fsp3) is 0.529. The minimum absolute atomic E-state index is 0.0560. The number of likely N-dealkylation sites (N-methyl/N-ethyl adjacent to an activating group) is 1. The van der Waals surface area contributed by atoms with Crippen LogP contribution < -0.4 is 5.32 Å². The van der Waals surface area contributed by atoms with Gasteiger partial charge in [0.15, 0.2) is 0 Å². The summed E-state index contributed by atoms with van der Waals surface area (Å²) in [5.74, 6) is -0.736. The maximum absolute atomic E-state index is 12.6. The van der Waals surface area contributed by atoms with Crippen molar-refractivity contribution in [2.45, 2.75) is 19.8 Å². The summed E-state index contributed by atoms with van der Waals surface area (Å²) in [5, 5.41) is 3.38. The second-order valence-corrected chi connectivity index (χ2v) is 9.52. The smallest absolute Gasteiger partial charge is 0.243 e. The van der Waals surface area contributed by atoms with Crippen LogP contribution in [0.15, 0.2) is 18.2 Å². The summed E-state index contributed by atoms with van der Waals surface area (Å²) in [5.41, 5.74) is 0.494. The van der Waals surface area contributed by atoms with Crippen LogP contribution in [0.1, 0.15) is 19.8 Å². The van der Waals surface area contributed by atoms with Gasteiger partial charge in [-0.2, -0.15) is 0 Å². The highest BCUT2D eigenvalue weighted by Crippen LogP contribution is 2.25. The molecule has 7 nitrogen and oxygen atoms in total. The predicted molar refractivity (Wildman–Crippen MR) is 106 cm³/mol. The number of hydrogen-bond acceptors (Lipinski definition) is 4. The number of halogens is 2. The van der Waals surface area contributed by atoms with Crippen molar-refractivity contribution in [3.8, 4) is 0 Å². The molecule has 1 heterocycles. The van der Waals surface area contributed by atoms with Crippen LogP contribution in [0.25, 0.3) is 0 Å². The molecule has 0 bridgehead atoms. The molecule has 1 N–H and O–H groups in total. The van der Waals surface area contributed by atoms with Gasteiger partial charge in [-0.15, -0.1) is 0 Å². The lowest BCUT2D eigenvalue weighted by atomic mass is 9.96. The molecule has 1 saturated heterocycles. The molecule has 0 aromatic heterocycles. The van der Waals surface area contributed by atoms with Gasteiger partial charge in [0, 0.05) is 31.7 Å². The third-order valence-corrected chi connectivity index (χ3v) is 7.14. The highest BCUT2D eigenvalue weighted by molar-refractivity contribution is 7.89. The number of sulfonamides is 1. The monoisotopic (exact) mass is 435 g/mol. The number of nitrogens with zero attached hydrogens (tertiary/aromatic N) is 2. The molecule has 0 radical (unpaired) electrons. The summed E-state index contributed by atoms with van der Waals surface area (Å²) < 4.78 is 25.2. The first kappa shape index (κ1) is 21.9. The number of piperidine rings is 1. The summed E-state index contributed by atoms with van der Waals surface area (Å²) in [6, 6.07) is 4.73. The van der Waals surface area contributed by atoms with Crippen LogP contribution in [0.5, 0.6) is 0 Å². The van der Waals surface area contributed by atoms with Crippen molar-refractivity contribution >= 4 is 50.7 Å². The molecule has 0 spiro atoms. The Balaban J connectivity index is 1.86. The van der Waals surface area contributed by atoms with Gasteiger partial charge in [-0.3, -0.25) is 9.59 Å². The standard InChI is InChI=1S/C17H23Cl2N3O4S/c1-3-27(25,26)22-8-6-12(7-9-22)17(24)21(2)11-16(23)20-13-4-5-14(18)15(19)10-13/h4-5,10,12H,3,6-9,11H2,1-2H3,(H,20,23). The first-order valence-corrected chi connectivity index (χ1v) is 11.0. The highest BCUT2D eigenvalue weighted by Gasteiger charge is 2.31. The third-order valence-electron chi connectivity index (χ3n) is 4.52. The average Bonchev–Trinajstić information content (AvgIpc) is 2.64. The van der Waals surface area contributed by atoms with Gasteiger partial charge in [0.1, 0.15) is 0 Å². The lowest BCUT2D eigenvalue weighted by Crippen LogP contribution is -2.45. The Morgan fingerprint density at radius 1 is 1.22 bits per heavy atom. The first-order chi connectivity index (χ1) is 12.6. The molecule has 1 fully saturated rings. The topological polar surface area (TPSA) is 86.8 Å². The van der Waals surface area contributed by atoms with Crippen molar-refractivity contribution in [1.82, 2.24) is 9.21 Å². The molecule has 27 heavy (non-hydrogen) atoms. The molecule has 10 heteroatoms. The van der Waals surface area contributed by atoms with Gasteiger partial charge >= 0.3 is 0 Å². The fourth-order valence-electron chi connectivity index (χ4n) is 2.94. The number of carbonyl (C=O) groups excluding carboxylic acids is 2. The molecule has 0 aliphatic carbocycles. The van der Waals surface area contributed by atoms with E-state index in [2.05, 4.69) is 5.32 Å². The lowest BCUT2D eigenvalue weighted by molar-refractivity contribution is -0.138. The zero-order valence-electron chi connectivity index (χ0n) is 15.2. The molecule has 0 unspecified atom stereocenters. The highest BCUT2D eigenvalue weighted by atomic mass is 35.5. The predicted octanol–water partition coefficient (Wildman–Crippen LogP) is 2.45. The van der Waals surface area contributed by atoms with E-state index in [1.807, 2.05) is 0 Å². The van der Waals surface area contributed by atoms with Crippen molar-refractivity contribution in [1.29, 1.82) is 0 Å². The van der Waals surface area contributed by atoms with Gasteiger partial charge in [0.25, 0.3) is 0 Å². The Morgan fingerprint density at radius 2 is 1.85 bits per heavy atom. The Hall–Kier alpha value is -1.35. The second kappa shape index (κ2) is 9.23. The van der Waals surface area contributed by atoms with Crippen LogP contribution >= 0.6 is 23.2 Å². The summed E-state index contributed by atoms with van der Waals surface area (Å²) in [4.78, 5) is 26.1. The molecule has 1 aromatic carbocycles. The number of carbonyl (C=O) groups is 2. The molecule has 2 rings (SSSR count). The number of hydrogen-bond donors (Lipinski definition) is 1. The zero-order chi connectivity index (χ0) is 20.2. The number of amides is 2. The summed E-state index contributed by atoms with van der Waals surface area (Å²) in [6.07, 6.45) is 0.910. The zero-order valence-corrected chi connectivity index (χ0v) is 17.6. The molecule has 0 atom stereocenters. The molecule has 1 aliphatic heterocycles. The number of nitrogens with one attached hydrogen (secondary N) is 1. The number of rotatable bonds is 6. The molecular formula is C17H23Cl2N3O4S.